The van der Waals surface area contributed by atoms with Gasteiger partial charge >= 0.3 is 5.97 Å². The highest BCUT2D eigenvalue weighted by atomic mass is 19.1. The molecule has 2 aromatic carbocycles. The predicted molar refractivity (Wildman–Crippen MR) is 104 cm³/mol. The minimum Gasteiger partial charge on any atom is -0.493 e. The molecule has 1 N–H and O–H groups in total. The fraction of sp³-hybridized carbons (Fsp3) is 0.409. The molecule has 1 saturated heterocycles. The van der Waals surface area contributed by atoms with E-state index < -0.39 is 5.97 Å². The number of nitrogens with zero attached hydrogens (tertiary/aromatic N) is 1. The van der Waals surface area contributed by atoms with E-state index in [1.807, 2.05) is 25.1 Å². The molecule has 0 amide bonds. The average Bonchev–Trinajstić information content (AvgIpc) is 2.70. The number of carboxylic acids is 1. The quantitative estimate of drug-likeness (QED) is 0.775. The van der Waals surface area contributed by atoms with Crippen LogP contribution in [0.2, 0.25) is 0 Å². The number of ether oxygens (including phenoxy) is 2. The van der Waals surface area contributed by atoms with Crippen molar-refractivity contribution < 1.29 is 23.8 Å². The first-order valence-electron chi connectivity index (χ1n) is 9.56. The van der Waals surface area contributed by atoms with Gasteiger partial charge in [0, 0.05) is 0 Å². The van der Waals surface area contributed by atoms with Crippen LogP contribution in [0.4, 0.5) is 4.39 Å². The van der Waals surface area contributed by atoms with Crippen LogP contribution in [0.1, 0.15) is 36.9 Å². The molecule has 28 heavy (non-hydrogen) atoms. The maximum Gasteiger partial charge on any atom is 0.306 e. The van der Waals surface area contributed by atoms with Crippen LogP contribution in [0.3, 0.4) is 0 Å². The molecule has 6 heteroatoms. The van der Waals surface area contributed by atoms with E-state index in [1.54, 1.807) is 19.2 Å². The van der Waals surface area contributed by atoms with Gasteiger partial charge in [0.05, 0.1) is 25.7 Å². The summed E-state index contributed by atoms with van der Waals surface area (Å²) in [5, 5.41) is 9.29. The fourth-order valence-corrected chi connectivity index (χ4v) is 3.80. The molecular formula is C22H26FNO4. The van der Waals surface area contributed by atoms with Crippen LogP contribution in [-0.4, -0.2) is 42.8 Å². The van der Waals surface area contributed by atoms with E-state index in [0.717, 1.165) is 11.1 Å². The summed E-state index contributed by atoms with van der Waals surface area (Å²) < 4.78 is 24.6. The summed E-state index contributed by atoms with van der Waals surface area (Å²) >= 11 is 0. The van der Waals surface area contributed by atoms with E-state index in [4.69, 9.17) is 9.47 Å². The Labute approximate surface area is 164 Å². The molecule has 150 valence electrons. The predicted octanol–water partition coefficient (Wildman–Crippen LogP) is 4.12. The lowest BCUT2D eigenvalue weighted by Gasteiger charge is -2.37. The van der Waals surface area contributed by atoms with Crippen LogP contribution in [0, 0.1) is 11.7 Å². The van der Waals surface area contributed by atoms with E-state index >= 15 is 0 Å². The Morgan fingerprint density at radius 1 is 1.14 bits per heavy atom. The van der Waals surface area contributed by atoms with E-state index in [1.165, 1.54) is 12.1 Å². The first kappa shape index (κ1) is 20.1. The first-order chi connectivity index (χ1) is 13.5. The number of benzene rings is 2. The van der Waals surface area contributed by atoms with Gasteiger partial charge in [-0.2, -0.15) is 0 Å². The maximum atomic E-state index is 13.5. The standard InChI is InChI=1S/C22H26FNO4/c1-3-28-20-14-17(6-9-19(20)27-2)21(15-4-7-18(23)8-5-15)24-12-10-16(11-13-24)22(25)26/h4-9,14,16,21H,3,10-13H2,1-2H3,(H,25,26). The Morgan fingerprint density at radius 3 is 2.36 bits per heavy atom. The monoisotopic (exact) mass is 387 g/mol. The molecule has 3 rings (SSSR count). The highest BCUT2D eigenvalue weighted by molar-refractivity contribution is 5.70. The van der Waals surface area contributed by atoms with Crippen LogP contribution in [0.15, 0.2) is 42.5 Å². The van der Waals surface area contributed by atoms with Gasteiger partial charge in [-0.1, -0.05) is 18.2 Å². The van der Waals surface area contributed by atoms with E-state index in [9.17, 15) is 14.3 Å². The molecule has 1 atom stereocenters. The zero-order valence-electron chi connectivity index (χ0n) is 16.2. The molecule has 0 aromatic heterocycles. The number of piperidine rings is 1. The van der Waals surface area contributed by atoms with Crippen molar-refractivity contribution in [2.24, 2.45) is 5.92 Å². The summed E-state index contributed by atoms with van der Waals surface area (Å²) in [6.07, 6.45) is 1.20. The molecule has 1 aliphatic heterocycles. The number of carboxylic acid groups (broad SMARTS) is 1. The van der Waals surface area contributed by atoms with Crippen LogP contribution in [-0.2, 0) is 4.79 Å². The van der Waals surface area contributed by atoms with Gasteiger partial charge in [-0.3, -0.25) is 9.69 Å². The van der Waals surface area contributed by atoms with Crippen LogP contribution >= 0.6 is 0 Å². The zero-order chi connectivity index (χ0) is 20.1. The molecule has 0 saturated carbocycles. The van der Waals surface area contributed by atoms with Gasteiger partial charge in [-0.15, -0.1) is 0 Å². The fourth-order valence-electron chi connectivity index (χ4n) is 3.80. The lowest BCUT2D eigenvalue weighted by atomic mass is 9.91. The number of aliphatic carboxylic acids is 1. The lowest BCUT2D eigenvalue weighted by Crippen LogP contribution is -2.39. The summed E-state index contributed by atoms with van der Waals surface area (Å²) in [6.45, 7) is 3.76. The van der Waals surface area contributed by atoms with Crippen LogP contribution < -0.4 is 9.47 Å². The third-order valence-corrected chi connectivity index (χ3v) is 5.23. The molecule has 1 unspecified atom stereocenters. The SMILES string of the molecule is CCOc1cc(C(c2ccc(F)cc2)N2CCC(C(=O)O)CC2)ccc1OC. The number of likely N-dealkylation sites (tertiary alicyclic amines) is 1. The molecule has 1 aliphatic rings. The Bertz CT molecular complexity index is 801. The third kappa shape index (κ3) is 4.44. The summed E-state index contributed by atoms with van der Waals surface area (Å²) in [5.74, 6) is 0.000861. The van der Waals surface area contributed by atoms with Crippen molar-refractivity contribution >= 4 is 5.97 Å². The van der Waals surface area contributed by atoms with Gasteiger partial charge in [0.15, 0.2) is 11.5 Å². The minimum absolute atomic E-state index is 0.111. The molecule has 2 aromatic rings. The molecular weight excluding hydrogens is 361 g/mol. The third-order valence-electron chi connectivity index (χ3n) is 5.23. The number of methoxy groups -OCH3 is 1. The largest absolute Gasteiger partial charge is 0.493 e. The summed E-state index contributed by atoms with van der Waals surface area (Å²) in [7, 11) is 1.60. The second-order valence-corrected chi connectivity index (χ2v) is 6.95. The molecule has 1 fully saturated rings. The van der Waals surface area contributed by atoms with E-state index in [2.05, 4.69) is 4.90 Å². The number of hydrogen-bond donors (Lipinski definition) is 1. The van der Waals surface area contributed by atoms with E-state index in [-0.39, 0.29) is 17.8 Å². The van der Waals surface area contributed by atoms with Gasteiger partial charge in [0.25, 0.3) is 0 Å². The highest BCUT2D eigenvalue weighted by Crippen LogP contribution is 2.37. The molecule has 1 heterocycles. The molecule has 0 aliphatic carbocycles. The summed E-state index contributed by atoms with van der Waals surface area (Å²) in [4.78, 5) is 13.6. The smallest absolute Gasteiger partial charge is 0.306 e. The van der Waals surface area contributed by atoms with Crippen molar-refractivity contribution in [1.82, 2.24) is 4.90 Å². The zero-order valence-corrected chi connectivity index (χ0v) is 16.2. The molecule has 5 nitrogen and oxygen atoms in total. The van der Waals surface area contributed by atoms with Crippen molar-refractivity contribution in [3.8, 4) is 11.5 Å². The molecule has 0 radical (unpaired) electrons. The second-order valence-electron chi connectivity index (χ2n) is 6.95. The van der Waals surface area contributed by atoms with Gasteiger partial charge in [0.1, 0.15) is 5.82 Å². The van der Waals surface area contributed by atoms with Crippen LogP contribution in [0.25, 0.3) is 0 Å². The Kier molecular flexibility index (Phi) is 6.52. The Hall–Kier alpha value is -2.60. The van der Waals surface area contributed by atoms with Crippen molar-refractivity contribution in [2.75, 3.05) is 26.8 Å². The van der Waals surface area contributed by atoms with Gasteiger partial charge in [-0.25, -0.2) is 4.39 Å². The first-order valence-corrected chi connectivity index (χ1v) is 9.56. The number of hydrogen-bond acceptors (Lipinski definition) is 4. The van der Waals surface area contributed by atoms with Crippen molar-refractivity contribution in [2.45, 2.75) is 25.8 Å². The average molecular weight is 387 g/mol. The molecule has 0 bridgehead atoms. The van der Waals surface area contributed by atoms with Gasteiger partial charge < -0.3 is 14.6 Å². The number of rotatable bonds is 7. The normalized spacial score (nSPS) is 16.5. The summed E-state index contributed by atoms with van der Waals surface area (Å²) in [6, 6.07) is 12.2. The van der Waals surface area contributed by atoms with Crippen molar-refractivity contribution in [3.05, 3.63) is 59.4 Å². The van der Waals surface area contributed by atoms with Crippen LogP contribution in [0.5, 0.6) is 11.5 Å². The number of halogens is 1. The van der Waals surface area contributed by atoms with Gasteiger partial charge in [0.2, 0.25) is 0 Å². The number of carbonyl (C=O) groups is 1. The minimum atomic E-state index is -0.735. The van der Waals surface area contributed by atoms with Crippen molar-refractivity contribution in [1.29, 1.82) is 0 Å². The Morgan fingerprint density at radius 2 is 1.79 bits per heavy atom. The molecule has 0 spiro atoms. The Balaban J connectivity index is 1.96. The maximum absolute atomic E-state index is 13.5. The lowest BCUT2D eigenvalue weighted by molar-refractivity contribution is -0.143. The van der Waals surface area contributed by atoms with E-state index in [0.29, 0.717) is 44.0 Å². The highest BCUT2D eigenvalue weighted by Gasteiger charge is 2.30. The second kappa shape index (κ2) is 9.06. The van der Waals surface area contributed by atoms with Gasteiger partial charge in [-0.05, 0) is 68.2 Å². The van der Waals surface area contributed by atoms with Crippen molar-refractivity contribution in [3.63, 3.8) is 0 Å². The summed E-state index contributed by atoms with van der Waals surface area (Å²) in [5.41, 5.74) is 1.97. The topological polar surface area (TPSA) is 59.0 Å².